The maximum atomic E-state index is 6.14. The molecule has 0 N–H and O–H groups in total. The van der Waals surface area contributed by atoms with E-state index in [1.807, 2.05) is 140 Å². The Bertz CT molecular complexity index is 2550. The smallest absolute Gasteiger partial charge is 0.246 e. The highest BCUT2D eigenvalue weighted by Gasteiger charge is 2.17. The fourth-order valence-electron chi connectivity index (χ4n) is 6.04. The molecule has 0 aliphatic heterocycles. The van der Waals surface area contributed by atoms with Crippen molar-refractivity contribution >= 4 is 11.1 Å². The monoisotopic (exact) mass is 656 g/mol. The second kappa shape index (κ2) is 13.1. The van der Waals surface area contributed by atoms with E-state index < -0.39 is 0 Å². The summed E-state index contributed by atoms with van der Waals surface area (Å²) >= 11 is 0. The van der Waals surface area contributed by atoms with Crippen molar-refractivity contribution in [2.75, 3.05) is 0 Å². The Kier molecular flexibility index (Phi) is 7.68. The van der Waals surface area contributed by atoms with Crippen LogP contribution in [0.3, 0.4) is 0 Å². The molecule has 7 nitrogen and oxygen atoms in total. The molecular formula is C44H28N6O. The zero-order valence-electron chi connectivity index (χ0n) is 27.3. The first kappa shape index (κ1) is 30.0. The number of hydrogen-bond donors (Lipinski definition) is 0. The molecule has 0 amide bonds. The number of nitrogens with zero attached hydrogens (tertiary/aromatic N) is 6. The van der Waals surface area contributed by atoms with Gasteiger partial charge in [0, 0.05) is 27.8 Å². The molecule has 0 aliphatic rings. The minimum absolute atomic E-state index is 0.447. The number of aromatic nitrogens is 6. The molecule has 51 heavy (non-hydrogen) atoms. The van der Waals surface area contributed by atoms with Crippen LogP contribution in [0.15, 0.2) is 174 Å². The van der Waals surface area contributed by atoms with Crippen LogP contribution in [0.2, 0.25) is 0 Å². The fraction of sp³-hybridized carbons (Fsp3) is 0. The van der Waals surface area contributed by atoms with Crippen LogP contribution in [-0.4, -0.2) is 29.9 Å². The lowest BCUT2D eigenvalue weighted by atomic mass is 9.99. The van der Waals surface area contributed by atoms with E-state index in [0.717, 1.165) is 50.2 Å². The second-order valence-corrected chi connectivity index (χ2v) is 12.0. The van der Waals surface area contributed by atoms with Crippen molar-refractivity contribution in [1.29, 1.82) is 0 Å². The molecule has 0 aliphatic carbocycles. The predicted octanol–water partition coefficient (Wildman–Crippen LogP) is 10.5. The van der Waals surface area contributed by atoms with Crippen LogP contribution in [0, 0.1) is 0 Å². The summed E-state index contributed by atoms with van der Waals surface area (Å²) in [5.74, 6) is 2.89. The lowest BCUT2D eigenvalue weighted by molar-refractivity contribution is 0.616. The van der Waals surface area contributed by atoms with Crippen molar-refractivity contribution < 1.29 is 4.42 Å². The molecule has 0 spiro atoms. The van der Waals surface area contributed by atoms with Gasteiger partial charge in [-0.15, -0.1) is 0 Å². The van der Waals surface area contributed by atoms with Gasteiger partial charge in [0.05, 0.1) is 5.69 Å². The van der Waals surface area contributed by atoms with Gasteiger partial charge in [0.15, 0.2) is 28.9 Å². The predicted molar refractivity (Wildman–Crippen MR) is 201 cm³/mol. The highest BCUT2D eigenvalue weighted by molar-refractivity contribution is 5.79. The zero-order chi connectivity index (χ0) is 34.0. The first-order valence-electron chi connectivity index (χ1n) is 16.6. The van der Waals surface area contributed by atoms with E-state index in [4.69, 9.17) is 34.3 Å². The third kappa shape index (κ3) is 6.16. The number of oxazole rings is 1. The molecule has 0 fully saturated rings. The summed E-state index contributed by atoms with van der Waals surface area (Å²) in [4.78, 5) is 29.4. The third-order valence-electron chi connectivity index (χ3n) is 8.58. The van der Waals surface area contributed by atoms with Gasteiger partial charge in [0.1, 0.15) is 11.2 Å². The summed E-state index contributed by atoms with van der Waals surface area (Å²) in [6.45, 7) is 0. The summed E-state index contributed by atoms with van der Waals surface area (Å²) in [7, 11) is 0. The van der Waals surface area contributed by atoms with Gasteiger partial charge in [0.2, 0.25) is 5.89 Å². The molecule has 0 unspecified atom stereocenters. The zero-order valence-corrected chi connectivity index (χ0v) is 27.3. The van der Waals surface area contributed by atoms with Gasteiger partial charge in [-0.25, -0.2) is 29.9 Å². The van der Waals surface area contributed by atoms with Crippen molar-refractivity contribution in [3.8, 4) is 79.5 Å². The van der Waals surface area contributed by atoms with E-state index in [2.05, 4.69) is 30.3 Å². The molecular weight excluding hydrogens is 629 g/mol. The van der Waals surface area contributed by atoms with Crippen molar-refractivity contribution in [2.45, 2.75) is 0 Å². The topological polar surface area (TPSA) is 90.5 Å². The van der Waals surface area contributed by atoms with Gasteiger partial charge in [0.25, 0.3) is 0 Å². The van der Waals surface area contributed by atoms with Crippen LogP contribution in [0.25, 0.3) is 90.6 Å². The third-order valence-corrected chi connectivity index (χ3v) is 8.58. The first-order chi connectivity index (χ1) is 25.2. The lowest BCUT2D eigenvalue weighted by Gasteiger charge is -2.11. The molecule has 3 heterocycles. The Labute approximate surface area is 294 Å². The van der Waals surface area contributed by atoms with Gasteiger partial charge >= 0.3 is 0 Å². The maximum Gasteiger partial charge on any atom is 0.246 e. The quantitative estimate of drug-likeness (QED) is 0.169. The molecule has 0 radical (unpaired) electrons. The van der Waals surface area contributed by atoms with E-state index in [9.17, 15) is 0 Å². The molecule has 240 valence electrons. The summed E-state index contributed by atoms with van der Waals surface area (Å²) in [5.41, 5.74) is 9.50. The van der Waals surface area contributed by atoms with Gasteiger partial charge in [-0.1, -0.05) is 140 Å². The van der Waals surface area contributed by atoms with Crippen LogP contribution in [0.1, 0.15) is 0 Å². The van der Waals surface area contributed by atoms with Crippen molar-refractivity contribution in [1.82, 2.24) is 29.9 Å². The Balaban J connectivity index is 1.13. The van der Waals surface area contributed by atoms with Crippen LogP contribution in [0.5, 0.6) is 0 Å². The second-order valence-electron chi connectivity index (χ2n) is 12.0. The number of benzene rings is 6. The molecule has 7 heteroatoms. The first-order valence-corrected chi connectivity index (χ1v) is 16.6. The Hall–Kier alpha value is -7.12. The van der Waals surface area contributed by atoms with Crippen LogP contribution in [-0.2, 0) is 0 Å². The lowest BCUT2D eigenvalue weighted by Crippen LogP contribution is -2.00. The summed E-state index contributed by atoms with van der Waals surface area (Å²) < 4.78 is 6.14. The Morgan fingerprint density at radius 3 is 1.31 bits per heavy atom. The summed E-state index contributed by atoms with van der Waals surface area (Å²) in [6, 6.07) is 56.3. The normalized spacial score (nSPS) is 11.1. The van der Waals surface area contributed by atoms with Crippen molar-refractivity contribution in [3.05, 3.63) is 170 Å². The molecule has 0 atom stereocenters. The van der Waals surface area contributed by atoms with Crippen molar-refractivity contribution in [3.63, 3.8) is 0 Å². The number of fused-ring (bicyclic) bond motifs is 1. The Morgan fingerprint density at radius 2 is 0.725 bits per heavy atom. The highest BCUT2D eigenvalue weighted by Crippen LogP contribution is 2.33. The van der Waals surface area contributed by atoms with E-state index in [1.165, 1.54) is 0 Å². The van der Waals surface area contributed by atoms with Crippen LogP contribution in [0.4, 0.5) is 0 Å². The largest absolute Gasteiger partial charge is 0.435 e. The molecule has 0 saturated heterocycles. The van der Waals surface area contributed by atoms with E-state index in [0.29, 0.717) is 40.5 Å². The average molecular weight is 657 g/mol. The minimum atomic E-state index is 0.447. The molecule has 0 saturated carbocycles. The standard InChI is InChI=1S/C44H28N6O/c1-4-14-29(15-5-1)40-45-37(28-38(46-40)44-47-36-24-10-11-25-39(36)51-44)34-22-12-20-32(26-34)33-21-13-23-35(27-33)43-49-41(30-16-6-2-7-17-30)48-42(50-43)31-18-8-3-9-19-31/h1-28H. The molecule has 6 aromatic carbocycles. The number of para-hydroxylation sites is 2. The summed E-state index contributed by atoms with van der Waals surface area (Å²) in [5, 5.41) is 0. The average Bonchev–Trinajstić information content (AvgIpc) is 3.66. The fourth-order valence-corrected chi connectivity index (χ4v) is 6.04. The van der Waals surface area contributed by atoms with E-state index in [1.54, 1.807) is 0 Å². The SMILES string of the molecule is c1ccc(-c2nc(-c3cccc(-c4cccc(-c5nc(-c6ccccc6)nc(-c6ccccc6)n5)c4)c3)cc(-c3nc4ccccc4o3)n2)cc1. The van der Waals surface area contributed by atoms with E-state index in [-0.39, 0.29) is 0 Å². The highest BCUT2D eigenvalue weighted by atomic mass is 16.3. The molecule has 9 rings (SSSR count). The van der Waals surface area contributed by atoms with Gasteiger partial charge < -0.3 is 4.42 Å². The molecule has 0 bridgehead atoms. The molecule has 9 aromatic rings. The van der Waals surface area contributed by atoms with Gasteiger partial charge in [-0.05, 0) is 41.5 Å². The molecule has 3 aromatic heterocycles. The van der Waals surface area contributed by atoms with Gasteiger partial charge in [-0.3, -0.25) is 0 Å². The Morgan fingerprint density at radius 1 is 0.294 bits per heavy atom. The number of rotatable bonds is 7. The van der Waals surface area contributed by atoms with Crippen molar-refractivity contribution in [2.24, 2.45) is 0 Å². The van der Waals surface area contributed by atoms with Crippen LogP contribution < -0.4 is 0 Å². The number of hydrogen-bond acceptors (Lipinski definition) is 7. The van der Waals surface area contributed by atoms with E-state index >= 15 is 0 Å². The maximum absolute atomic E-state index is 6.14. The van der Waals surface area contributed by atoms with Crippen LogP contribution >= 0.6 is 0 Å². The van der Waals surface area contributed by atoms with Gasteiger partial charge in [-0.2, -0.15) is 0 Å². The minimum Gasteiger partial charge on any atom is -0.435 e. The summed E-state index contributed by atoms with van der Waals surface area (Å²) in [6.07, 6.45) is 0.